The molecular formula is C36H24N4. The van der Waals surface area contributed by atoms with Gasteiger partial charge in [0.05, 0.1) is 40.1 Å². The molecule has 6 aromatic rings. The first-order chi connectivity index (χ1) is 19.8. The maximum atomic E-state index is 9.68. The molecule has 0 amide bonds. The summed E-state index contributed by atoms with van der Waals surface area (Å²) in [5, 5.41) is 9.68. The summed E-state index contributed by atoms with van der Waals surface area (Å²) in [6.45, 7) is 0. The van der Waals surface area contributed by atoms with Gasteiger partial charge in [0.2, 0.25) is 0 Å². The number of anilines is 6. The van der Waals surface area contributed by atoms with Crippen LogP contribution >= 0.6 is 0 Å². The van der Waals surface area contributed by atoms with Crippen molar-refractivity contribution in [2.75, 3.05) is 9.80 Å². The molecule has 1 aliphatic rings. The number of hydrogen-bond donors (Lipinski definition) is 0. The number of nitrogens with zero attached hydrogens (tertiary/aromatic N) is 4. The third kappa shape index (κ3) is 3.89. The molecule has 1 aromatic heterocycles. The zero-order chi connectivity index (χ0) is 26.9. The van der Waals surface area contributed by atoms with Crippen LogP contribution in [0, 0.1) is 11.3 Å². The van der Waals surface area contributed by atoms with Crippen LogP contribution < -0.4 is 9.80 Å². The molecule has 4 heteroatoms. The summed E-state index contributed by atoms with van der Waals surface area (Å²) in [6, 6.07) is 48.5. The normalized spacial score (nSPS) is 11.9. The third-order valence-corrected chi connectivity index (χ3v) is 7.31. The van der Waals surface area contributed by atoms with Crippen molar-refractivity contribution in [3.8, 4) is 28.3 Å². The number of aromatic nitrogens is 1. The minimum atomic E-state index is 0.611. The predicted octanol–water partition coefficient (Wildman–Crippen LogP) is 9.54. The van der Waals surface area contributed by atoms with Gasteiger partial charge in [0.25, 0.3) is 0 Å². The van der Waals surface area contributed by atoms with Gasteiger partial charge in [-0.2, -0.15) is 5.26 Å². The van der Waals surface area contributed by atoms with Crippen molar-refractivity contribution in [2.24, 2.45) is 0 Å². The molecule has 0 saturated carbocycles. The van der Waals surface area contributed by atoms with Crippen molar-refractivity contribution >= 4 is 34.1 Å². The van der Waals surface area contributed by atoms with E-state index in [0.717, 1.165) is 56.4 Å². The van der Waals surface area contributed by atoms with Crippen LogP contribution in [-0.4, -0.2) is 4.98 Å². The Morgan fingerprint density at radius 3 is 1.70 bits per heavy atom. The molecule has 0 spiro atoms. The van der Waals surface area contributed by atoms with Crippen LogP contribution in [0.4, 0.5) is 34.1 Å². The van der Waals surface area contributed by atoms with E-state index >= 15 is 0 Å². The summed E-state index contributed by atoms with van der Waals surface area (Å²) < 4.78 is 0. The predicted molar refractivity (Wildman–Crippen MR) is 163 cm³/mol. The number of pyridine rings is 1. The Labute approximate surface area is 233 Å². The van der Waals surface area contributed by atoms with Crippen LogP contribution in [0.1, 0.15) is 5.56 Å². The van der Waals surface area contributed by atoms with E-state index in [-0.39, 0.29) is 0 Å². The lowest BCUT2D eigenvalue weighted by Gasteiger charge is -2.41. The first-order valence-corrected chi connectivity index (χ1v) is 13.2. The fraction of sp³-hybridized carbons (Fsp3) is 0. The zero-order valence-electron chi connectivity index (χ0n) is 21.6. The fourth-order valence-electron chi connectivity index (χ4n) is 5.55. The molecule has 0 saturated heterocycles. The van der Waals surface area contributed by atoms with Crippen LogP contribution in [-0.2, 0) is 0 Å². The van der Waals surface area contributed by atoms with Crippen molar-refractivity contribution in [1.29, 1.82) is 5.26 Å². The van der Waals surface area contributed by atoms with Gasteiger partial charge in [-0.3, -0.25) is 4.98 Å². The van der Waals surface area contributed by atoms with Crippen LogP contribution in [0.15, 0.2) is 146 Å². The Bertz CT molecular complexity index is 1840. The van der Waals surface area contributed by atoms with Gasteiger partial charge in [-0.05, 0) is 65.7 Å². The van der Waals surface area contributed by atoms with Gasteiger partial charge in [-0.15, -0.1) is 0 Å². The molecule has 7 rings (SSSR count). The maximum absolute atomic E-state index is 9.68. The quantitative estimate of drug-likeness (QED) is 0.235. The largest absolute Gasteiger partial charge is 0.306 e. The molecule has 0 unspecified atom stereocenters. The molecule has 4 nitrogen and oxygen atoms in total. The Balaban J connectivity index is 1.43. The summed E-state index contributed by atoms with van der Waals surface area (Å²) >= 11 is 0. The molecule has 188 valence electrons. The summed E-state index contributed by atoms with van der Waals surface area (Å²) in [5.41, 5.74) is 11.2. The molecule has 0 aliphatic carbocycles. The second-order valence-corrected chi connectivity index (χ2v) is 9.61. The van der Waals surface area contributed by atoms with Gasteiger partial charge in [-0.25, -0.2) is 0 Å². The van der Waals surface area contributed by atoms with E-state index < -0.39 is 0 Å². The SMILES string of the molecule is N#Cc1ccncc1-c1cccc(-c2ccccc2N2c3ccccc3N(c3ccccc3)c3ccccc32)c1. The maximum Gasteiger partial charge on any atom is 0.0999 e. The van der Waals surface area contributed by atoms with Gasteiger partial charge in [0, 0.05) is 29.2 Å². The van der Waals surface area contributed by atoms with Crippen molar-refractivity contribution in [3.63, 3.8) is 0 Å². The minimum Gasteiger partial charge on any atom is -0.306 e. The molecule has 40 heavy (non-hydrogen) atoms. The van der Waals surface area contributed by atoms with Crippen LogP contribution in [0.2, 0.25) is 0 Å². The number of benzene rings is 5. The van der Waals surface area contributed by atoms with Gasteiger partial charge < -0.3 is 9.80 Å². The highest BCUT2D eigenvalue weighted by Crippen LogP contribution is 2.55. The number of para-hydroxylation sites is 6. The topological polar surface area (TPSA) is 43.2 Å². The molecule has 0 fully saturated rings. The Hall–Kier alpha value is -5.66. The number of fused-ring (bicyclic) bond motifs is 2. The van der Waals surface area contributed by atoms with Crippen molar-refractivity contribution in [3.05, 3.63) is 151 Å². The Morgan fingerprint density at radius 1 is 0.500 bits per heavy atom. The minimum absolute atomic E-state index is 0.611. The van der Waals surface area contributed by atoms with Crippen molar-refractivity contribution < 1.29 is 0 Å². The van der Waals surface area contributed by atoms with Crippen molar-refractivity contribution in [1.82, 2.24) is 4.98 Å². The first kappa shape index (κ1) is 23.5. The van der Waals surface area contributed by atoms with E-state index in [9.17, 15) is 5.26 Å². The summed E-state index contributed by atoms with van der Waals surface area (Å²) in [5.74, 6) is 0. The summed E-state index contributed by atoms with van der Waals surface area (Å²) in [4.78, 5) is 8.97. The summed E-state index contributed by atoms with van der Waals surface area (Å²) in [7, 11) is 0. The zero-order valence-corrected chi connectivity index (χ0v) is 21.6. The van der Waals surface area contributed by atoms with E-state index in [2.05, 4.69) is 130 Å². The standard InChI is InChI=1S/C36H24N4/c37-24-28-21-22-38-25-31(28)27-12-10-11-26(23-27)30-15-4-5-16-32(30)40-35-19-8-6-17-33(35)39(29-13-2-1-3-14-29)34-18-7-9-20-36(34)40/h1-23,25H. The van der Waals surface area contributed by atoms with Crippen LogP contribution in [0.5, 0.6) is 0 Å². The van der Waals surface area contributed by atoms with E-state index in [1.54, 1.807) is 18.5 Å². The fourth-order valence-corrected chi connectivity index (χ4v) is 5.55. The van der Waals surface area contributed by atoms with Crippen molar-refractivity contribution in [2.45, 2.75) is 0 Å². The number of nitriles is 1. The van der Waals surface area contributed by atoms with Crippen LogP contribution in [0.3, 0.4) is 0 Å². The van der Waals surface area contributed by atoms with E-state index in [4.69, 9.17) is 0 Å². The third-order valence-electron chi connectivity index (χ3n) is 7.31. The van der Waals surface area contributed by atoms with E-state index in [0.29, 0.717) is 5.56 Å². The second-order valence-electron chi connectivity index (χ2n) is 9.61. The van der Waals surface area contributed by atoms with Gasteiger partial charge in [-0.1, -0.05) is 78.9 Å². The number of hydrogen-bond acceptors (Lipinski definition) is 4. The van der Waals surface area contributed by atoms with Crippen LogP contribution in [0.25, 0.3) is 22.3 Å². The lowest BCUT2D eigenvalue weighted by Crippen LogP contribution is -2.24. The first-order valence-electron chi connectivity index (χ1n) is 13.2. The smallest absolute Gasteiger partial charge is 0.0999 e. The Kier molecular flexibility index (Phi) is 5.81. The molecular weight excluding hydrogens is 488 g/mol. The molecule has 0 radical (unpaired) electrons. The molecule has 0 atom stereocenters. The molecule has 0 N–H and O–H groups in total. The Morgan fingerprint density at radius 2 is 1.05 bits per heavy atom. The average Bonchev–Trinajstić information content (AvgIpc) is 3.04. The van der Waals surface area contributed by atoms with Gasteiger partial charge in [0.1, 0.15) is 0 Å². The molecule has 1 aliphatic heterocycles. The summed E-state index contributed by atoms with van der Waals surface area (Å²) in [6.07, 6.45) is 3.42. The molecule has 2 heterocycles. The highest BCUT2D eigenvalue weighted by atomic mass is 15.3. The van der Waals surface area contributed by atoms with Gasteiger partial charge >= 0.3 is 0 Å². The molecule has 5 aromatic carbocycles. The second kappa shape index (κ2) is 9.90. The highest BCUT2D eigenvalue weighted by Gasteiger charge is 2.31. The highest BCUT2D eigenvalue weighted by molar-refractivity contribution is 6.03. The monoisotopic (exact) mass is 512 g/mol. The van der Waals surface area contributed by atoms with E-state index in [1.165, 1.54) is 0 Å². The lowest BCUT2D eigenvalue weighted by atomic mass is 9.95. The lowest BCUT2D eigenvalue weighted by molar-refractivity contribution is 1.17. The van der Waals surface area contributed by atoms with Gasteiger partial charge in [0.15, 0.2) is 0 Å². The number of rotatable bonds is 4. The molecule has 0 bridgehead atoms. The average molecular weight is 513 g/mol. The van der Waals surface area contributed by atoms with E-state index in [1.807, 2.05) is 18.2 Å².